The number of nitrogens with two attached hydrogens (primary N) is 1. The van der Waals surface area contributed by atoms with Gasteiger partial charge in [-0.05, 0) is 12.8 Å². The normalized spacial score (nSPS) is 13.1. The highest BCUT2D eigenvalue weighted by Crippen LogP contribution is 2.02. The molecule has 0 aliphatic rings. The quantitative estimate of drug-likeness (QED) is 0.659. The molecule has 0 spiro atoms. The molecular weight excluding hydrogens is 134 g/mol. The SMILES string of the molecule is CC.CC.CCC(C)C(C)N. The zero-order valence-corrected chi connectivity index (χ0v) is 9.44. The fourth-order valence-electron chi connectivity index (χ4n) is 0.372. The summed E-state index contributed by atoms with van der Waals surface area (Å²) in [5.74, 6) is 0.681. The minimum atomic E-state index is 0.366. The van der Waals surface area contributed by atoms with Crippen LogP contribution in [0.3, 0.4) is 0 Å². The smallest absolute Gasteiger partial charge is 0.00360 e. The Labute approximate surface area is 73.4 Å². The third-order valence-electron chi connectivity index (χ3n) is 1.54. The van der Waals surface area contributed by atoms with E-state index in [9.17, 15) is 0 Å². The third kappa shape index (κ3) is 17.8. The van der Waals surface area contributed by atoms with Crippen molar-refractivity contribution in [2.24, 2.45) is 11.7 Å². The zero-order valence-electron chi connectivity index (χ0n) is 9.44. The molecule has 11 heavy (non-hydrogen) atoms. The number of hydrogen-bond donors (Lipinski definition) is 1. The van der Waals surface area contributed by atoms with E-state index < -0.39 is 0 Å². The first-order valence-electron chi connectivity index (χ1n) is 4.94. The molecule has 1 heteroatoms. The van der Waals surface area contributed by atoms with E-state index >= 15 is 0 Å². The maximum absolute atomic E-state index is 5.55. The molecule has 2 unspecified atom stereocenters. The Bertz CT molecular complexity index is 42.1. The predicted octanol–water partition coefficient (Wildman–Crippen LogP) is 3.43. The highest BCUT2D eigenvalue weighted by atomic mass is 14.6. The maximum Gasteiger partial charge on any atom is 0.00360 e. The molecule has 0 bridgehead atoms. The van der Waals surface area contributed by atoms with Crippen LogP contribution in [0.5, 0.6) is 0 Å². The molecule has 0 aliphatic heterocycles. The summed E-state index contributed by atoms with van der Waals surface area (Å²) < 4.78 is 0. The van der Waals surface area contributed by atoms with E-state index in [0.29, 0.717) is 12.0 Å². The van der Waals surface area contributed by atoms with Gasteiger partial charge in [0.1, 0.15) is 0 Å². The molecule has 0 amide bonds. The van der Waals surface area contributed by atoms with Gasteiger partial charge in [-0.1, -0.05) is 48.0 Å². The lowest BCUT2D eigenvalue weighted by Gasteiger charge is -2.10. The summed E-state index contributed by atoms with van der Waals surface area (Å²) >= 11 is 0. The van der Waals surface area contributed by atoms with Crippen molar-refractivity contribution in [1.82, 2.24) is 0 Å². The molecule has 1 nitrogen and oxygen atoms in total. The highest BCUT2D eigenvalue weighted by molar-refractivity contribution is 4.59. The Kier molecular flexibility index (Phi) is 25.7. The third-order valence-corrected chi connectivity index (χ3v) is 1.54. The van der Waals surface area contributed by atoms with Crippen LogP contribution in [0, 0.1) is 5.92 Å². The summed E-state index contributed by atoms with van der Waals surface area (Å²) in [5, 5.41) is 0. The maximum atomic E-state index is 5.55. The van der Waals surface area contributed by atoms with Gasteiger partial charge in [0.15, 0.2) is 0 Å². The molecule has 2 atom stereocenters. The second-order valence-corrected chi connectivity index (χ2v) is 2.24. The molecule has 0 saturated heterocycles. The summed E-state index contributed by atoms with van der Waals surface area (Å²) in [6.07, 6.45) is 1.19. The van der Waals surface area contributed by atoms with Crippen molar-refractivity contribution >= 4 is 0 Å². The van der Waals surface area contributed by atoms with Crippen LogP contribution in [0.1, 0.15) is 54.9 Å². The summed E-state index contributed by atoms with van der Waals surface area (Å²) in [5.41, 5.74) is 5.55. The number of hydrogen-bond acceptors (Lipinski definition) is 1. The molecule has 0 aliphatic carbocycles. The van der Waals surface area contributed by atoms with Crippen molar-refractivity contribution in [2.45, 2.75) is 60.9 Å². The second kappa shape index (κ2) is 16.5. The van der Waals surface area contributed by atoms with Crippen LogP contribution in [0.15, 0.2) is 0 Å². The van der Waals surface area contributed by atoms with Crippen LogP contribution < -0.4 is 5.73 Å². The van der Waals surface area contributed by atoms with Crippen molar-refractivity contribution in [3.8, 4) is 0 Å². The van der Waals surface area contributed by atoms with E-state index in [1.165, 1.54) is 6.42 Å². The zero-order chi connectivity index (χ0) is 9.86. The van der Waals surface area contributed by atoms with Crippen LogP contribution in [-0.4, -0.2) is 6.04 Å². The van der Waals surface area contributed by atoms with E-state index in [0.717, 1.165) is 0 Å². The van der Waals surface area contributed by atoms with E-state index in [4.69, 9.17) is 5.73 Å². The average molecular weight is 161 g/mol. The molecule has 0 aromatic carbocycles. The van der Waals surface area contributed by atoms with Gasteiger partial charge in [-0.2, -0.15) is 0 Å². The van der Waals surface area contributed by atoms with E-state index in [1.54, 1.807) is 0 Å². The van der Waals surface area contributed by atoms with Gasteiger partial charge in [-0.15, -0.1) is 0 Å². The first-order chi connectivity index (χ1) is 5.18. The van der Waals surface area contributed by atoms with E-state index in [-0.39, 0.29) is 0 Å². The van der Waals surface area contributed by atoms with Gasteiger partial charge < -0.3 is 5.73 Å². The molecule has 0 fully saturated rings. The van der Waals surface area contributed by atoms with Gasteiger partial charge in [0, 0.05) is 6.04 Å². The lowest BCUT2D eigenvalue weighted by molar-refractivity contribution is 0.470. The Morgan fingerprint density at radius 2 is 1.27 bits per heavy atom. The monoisotopic (exact) mass is 161 g/mol. The Morgan fingerprint density at radius 3 is 1.27 bits per heavy atom. The molecule has 2 N–H and O–H groups in total. The summed E-state index contributed by atoms with van der Waals surface area (Å²) in [4.78, 5) is 0. The summed E-state index contributed by atoms with van der Waals surface area (Å²) in [6, 6.07) is 0.366. The Hall–Kier alpha value is -0.0400. The highest BCUT2D eigenvalue weighted by Gasteiger charge is 2.01. The second-order valence-electron chi connectivity index (χ2n) is 2.24. The van der Waals surface area contributed by atoms with Crippen LogP contribution in [0.25, 0.3) is 0 Å². The van der Waals surface area contributed by atoms with Crippen molar-refractivity contribution in [3.63, 3.8) is 0 Å². The first-order valence-corrected chi connectivity index (χ1v) is 4.94. The molecular formula is C10H27N. The van der Waals surface area contributed by atoms with Crippen LogP contribution >= 0.6 is 0 Å². The van der Waals surface area contributed by atoms with Gasteiger partial charge in [0.25, 0.3) is 0 Å². The summed E-state index contributed by atoms with van der Waals surface area (Å²) in [7, 11) is 0. The van der Waals surface area contributed by atoms with Gasteiger partial charge in [-0.3, -0.25) is 0 Å². The topological polar surface area (TPSA) is 26.0 Å². The largest absolute Gasteiger partial charge is 0.328 e. The standard InChI is InChI=1S/C6H15N.2C2H6/c1-4-5(2)6(3)7;2*1-2/h5-6H,4,7H2,1-3H3;2*1-2H3. The van der Waals surface area contributed by atoms with Gasteiger partial charge >= 0.3 is 0 Å². The molecule has 0 radical (unpaired) electrons. The minimum Gasteiger partial charge on any atom is -0.328 e. The van der Waals surface area contributed by atoms with E-state index in [2.05, 4.69) is 13.8 Å². The van der Waals surface area contributed by atoms with Gasteiger partial charge in [0.2, 0.25) is 0 Å². The Balaban J connectivity index is -0.000000138. The van der Waals surface area contributed by atoms with Gasteiger partial charge in [0.05, 0.1) is 0 Å². The molecule has 0 aromatic heterocycles. The molecule has 0 rings (SSSR count). The fourth-order valence-corrected chi connectivity index (χ4v) is 0.372. The lowest BCUT2D eigenvalue weighted by atomic mass is 10.0. The minimum absolute atomic E-state index is 0.366. The fraction of sp³-hybridized carbons (Fsp3) is 1.00. The van der Waals surface area contributed by atoms with Crippen molar-refractivity contribution in [3.05, 3.63) is 0 Å². The number of rotatable bonds is 2. The Morgan fingerprint density at radius 1 is 1.00 bits per heavy atom. The molecule has 0 saturated carbocycles. The van der Waals surface area contributed by atoms with Crippen molar-refractivity contribution in [1.29, 1.82) is 0 Å². The predicted molar refractivity (Wildman–Crippen MR) is 55.8 cm³/mol. The van der Waals surface area contributed by atoms with Crippen LogP contribution in [-0.2, 0) is 0 Å². The summed E-state index contributed by atoms with van der Waals surface area (Å²) in [6.45, 7) is 14.4. The van der Waals surface area contributed by atoms with Crippen LogP contribution in [0.4, 0.5) is 0 Å². The van der Waals surface area contributed by atoms with Crippen molar-refractivity contribution < 1.29 is 0 Å². The lowest BCUT2D eigenvalue weighted by Crippen LogP contribution is -2.23. The van der Waals surface area contributed by atoms with Crippen LogP contribution in [0.2, 0.25) is 0 Å². The molecule has 0 heterocycles. The first kappa shape index (κ1) is 17.2. The molecule has 0 aromatic rings. The molecule has 72 valence electrons. The van der Waals surface area contributed by atoms with E-state index in [1.807, 2.05) is 34.6 Å². The average Bonchev–Trinajstić information content (AvgIpc) is 2.10. The van der Waals surface area contributed by atoms with Crippen molar-refractivity contribution in [2.75, 3.05) is 0 Å². The van der Waals surface area contributed by atoms with Gasteiger partial charge in [-0.25, -0.2) is 0 Å².